The molecule has 1 aliphatic rings. The number of morpholine rings is 1. The van der Waals surface area contributed by atoms with Gasteiger partial charge in [0.1, 0.15) is 0 Å². The molecule has 7 nitrogen and oxygen atoms in total. The lowest BCUT2D eigenvalue weighted by atomic mass is 10.3. The Morgan fingerprint density at radius 1 is 1.33 bits per heavy atom. The molecule has 8 heteroatoms. The van der Waals surface area contributed by atoms with E-state index in [2.05, 4.69) is 0 Å². The number of benzene rings is 1. The van der Waals surface area contributed by atoms with Gasteiger partial charge in [-0.05, 0) is 19.1 Å². The molecule has 1 aromatic heterocycles. The Morgan fingerprint density at radius 3 is 2.81 bits per heavy atom. The Labute approximate surface area is 121 Å². The van der Waals surface area contributed by atoms with Gasteiger partial charge in [-0.25, -0.2) is 13.2 Å². The van der Waals surface area contributed by atoms with E-state index in [1.165, 1.54) is 21.0 Å². The average Bonchev–Trinajstić information content (AvgIpc) is 2.73. The minimum atomic E-state index is -3.61. The third-order valence-electron chi connectivity index (χ3n) is 3.61. The zero-order valence-corrected chi connectivity index (χ0v) is 12.6. The smallest absolute Gasteiger partial charge is 0.408 e. The number of aromatic nitrogens is 1. The van der Waals surface area contributed by atoms with Crippen LogP contribution in [0.1, 0.15) is 6.92 Å². The van der Waals surface area contributed by atoms with Crippen LogP contribution in [0, 0.1) is 0 Å². The van der Waals surface area contributed by atoms with Crippen molar-refractivity contribution in [1.82, 2.24) is 8.87 Å². The summed E-state index contributed by atoms with van der Waals surface area (Å²) in [5.74, 6) is -0.514. The van der Waals surface area contributed by atoms with Crippen LogP contribution in [0.3, 0.4) is 0 Å². The van der Waals surface area contributed by atoms with Gasteiger partial charge in [-0.15, -0.1) is 0 Å². The first kappa shape index (κ1) is 14.3. The summed E-state index contributed by atoms with van der Waals surface area (Å²) in [6.07, 6.45) is -0.132. The summed E-state index contributed by atoms with van der Waals surface area (Å²) < 4.78 is 38.4. The summed E-state index contributed by atoms with van der Waals surface area (Å²) >= 11 is 0. The van der Waals surface area contributed by atoms with Crippen molar-refractivity contribution in [3.05, 3.63) is 28.7 Å². The Bertz CT molecular complexity index is 836. The maximum Gasteiger partial charge on any atom is 0.419 e. The summed E-state index contributed by atoms with van der Waals surface area (Å²) in [4.78, 5) is 11.6. The van der Waals surface area contributed by atoms with Crippen LogP contribution < -0.4 is 5.76 Å². The van der Waals surface area contributed by atoms with Crippen LogP contribution in [0.4, 0.5) is 0 Å². The third-order valence-corrected chi connectivity index (χ3v) is 5.47. The number of hydrogen-bond donors (Lipinski definition) is 0. The van der Waals surface area contributed by atoms with Gasteiger partial charge < -0.3 is 9.15 Å². The Kier molecular flexibility index (Phi) is 3.39. The Morgan fingerprint density at radius 2 is 2.10 bits per heavy atom. The molecule has 0 aliphatic carbocycles. The van der Waals surface area contributed by atoms with Crippen molar-refractivity contribution in [1.29, 1.82) is 0 Å². The second-order valence-electron chi connectivity index (χ2n) is 5.10. The van der Waals surface area contributed by atoms with Gasteiger partial charge in [-0.2, -0.15) is 4.31 Å². The van der Waals surface area contributed by atoms with Gasteiger partial charge in [0.25, 0.3) is 0 Å². The summed E-state index contributed by atoms with van der Waals surface area (Å²) in [6.45, 7) is 2.85. The number of fused-ring (bicyclic) bond motifs is 1. The molecule has 1 saturated heterocycles. The molecule has 21 heavy (non-hydrogen) atoms. The summed E-state index contributed by atoms with van der Waals surface area (Å²) in [7, 11) is -2.03. The molecule has 1 fully saturated rings. The fourth-order valence-electron chi connectivity index (χ4n) is 2.43. The Hall–Kier alpha value is -1.64. The van der Waals surface area contributed by atoms with Crippen LogP contribution in [0.25, 0.3) is 11.1 Å². The molecule has 114 valence electrons. The standard InChI is InChI=1S/C13H16N2O5S/c1-9-8-15(5-6-19-9)21(17,18)10-3-4-11-12(7-10)20-13(16)14(11)2/h3-4,7,9H,5-6,8H2,1-2H3. The zero-order valence-electron chi connectivity index (χ0n) is 11.8. The fourth-order valence-corrected chi connectivity index (χ4v) is 3.94. The maximum atomic E-state index is 12.6. The van der Waals surface area contributed by atoms with E-state index in [9.17, 15) is 13.2 Å². The van der Waals surface area contributed by atoms with E-state index in [1.807, 2.05) is 6.92 Å². The number of nitrogens with zero attached hydrogens (tertiary/aromatic N) is 2. The minimum absolute atomic E-state index is 0.124. The highest BCUT2D eigenvalue weighted by atomic mass is 32.2. The first-order valence-electron chi connectivity index (χ1n) is 6.61. The van der Waals surface area contributed by atoms with Crippen LogP contribution in [0.2, 0.25) is 0 Å². The molecule has 1 aromatic carbocycles. The summed E-state index contributed by atoms with van der Waals surface area (Å²) in [6, 6.07) is 4.47. The number of sulfonamides is 1. The molecule has 2 heterocycles. The van der Waals surface area contributed by atoms with Crippen molar-refractivity contribution in [2.45, 2.75) is 17.9 Å². The highest BCUT2D eigenvalue weighted by Crippen LogP contribution is 2.22. The van der Waals surface area contributed by atoms with Gasteiger partial charge in [0, 0.05) is 26.2 Å². The van der Waals surface area contributed by atoms with Crippen molar-refractivity contribution in [2.24, 2.45) is 7.05 Å². The van der Waals surface area contributed by atoms with E-state index in [1.54, 1.807) is 13.1 Å². The number of hydrogen-bond acceptors (Lipinski definition) is 5. The fraction of sp³-hybridized carbons (Fsp3) is 0.462. The predicted octanol–water partition coefficient (Wildman–Crippen LogP) is 0.541. The average molecular weight is 312 g/mol. The van der Waals surface area contributed by atoms with Crippen LogP contribution >= 0.6 is 0 Å². The van der Waals surface area contributed by atoms with E-state index in [0.717, 1.165) is 0 Å². The van der Waals surface area contributed by atoms with Crippen molar-refractivity contribution < 1.29 is 17.6 Å². The van der Waals surface area contributed by atoms with E-state index < -0.39 is 15.8 Å². The van der Waals surface area contributed by atoms with Crippen LogP contribution in [-0.2, 0) is 21.8 Å². The molecule has 0 amide bonds. The first-order chi connectivity index (χ1) is 9.89. The molecular formula is C13H16N2O5S. The zero-order chi connectivity index (χ0) is 15.2. The first-order valence-corrected chi connectivity index (χ1v) is 8.05. The highest BCUT2D eigenvalue weighted by Gasteiger charge is 2.29. The maximum absolute atomic E-state index is 12.6. The lowest BCUT2D eigenvalue weighted by molar-refractivity contribution is 0.0102. The lowest BCUT2D eigenvalue weighted by Crippen LogP contribution is -2.44. The summed E-state index contributed by atoms with van der Waals surface area (Å²) in [5.41, 5.74) is 0.833. The van der Waals surface area contributed by atoms with Crippen LogP contribution in [-0.4, -0.2) is 43.1 Å². The van der Waals surface area contributed by atoms with Gasteiger partial charge in [-0.3, -0.25) is 4.57 Å². The van der Waals surface area contributed by atoms with Crippen molar-refractivity contribution in [3.8, 4) is 0 Å². The van der Waals surface area contributed by atoms with Crippen molar-refractivity contribution >= 4 is 21.1 Å². The largest absolute Gasteiger partial charge is 0.419 e. The van der Waals surface area contributed by atoms with E-state index in [-0.39, 0.29) is 16.6 Å². The molecule has 2 aromatic rings. The molecule has 1 unspecified atom stereocenters. The van der Waals surface area contributed by atoms with Crippen LogP contribution in [0.5, 0.6) is 0 Å². The molecular weight excluding hydrogens is 296 g/mol. The monoisotopic (exact) mass is 312 g/mol. The minimum Gasteiger partial charge on any atom is -0.408 e. The highest BCUT2D eigenvalue weighted by molar-refractivity contribution is 7.89. The molecule has 1 atom stereocenters. The molecule has 1 aliphatic heterocycles. The van der Waals surface area contributed by atoms with E-state index >= 15 is 0 Å². The Balaban J connectivity index is 2.04. The molecule has 0 saturated carbocycles. The topological polar surface area (TPSA) is 81.8 Å². The van der Waals surface area contributed by atoms with Gasteiger partial charge in [0.15, 0.2) is 5.58 Å². The van der Waals surface area contributed by atoms with Gasteiger partial charge in [0.2, 0.25) is 10.0 Å². The molecule has 0 N–H and O–H groups in total. The summed E-state index contributed by atoms with van der Waals surface area (Å²) in [5, 5.41) is 0. The van der Waals surface area contributed by atoms with Crippen LogP contribution in [0.15, 0.2) is 32.3 Å². The van der Waals surface area contributed by atoms with E-state index in [4.69, 9.17) is 9.15 Å². The SMILES string of the molecule is CC1CN(S(=O)(=O)c2ccc3c(c2)oc(=O)n3C)CCO1. The van der Waals surface area contributed by atoms with Crippen molar-refractivity contribution in [2.75, 3.05) is 19.7 Å². The third kappa shape index (κ3) is 2.39. The van der Waals surface area contributed by atoms with E-state index in [0.29, 0.717) is 25.2 Å². The number of aryl methyl sites for hydroxylation is 1. The number of ether oxygens (including phenoxy) is 1. The normalized spacial score (nSPS) is 21.0. The quantitative estimate of drug-likeness (QED) is 0.808. The molecule has 0 bridgehead atoms. The van der Waals surface area contributed by atoms with Gasteiger partial charge in [0.05, 0.1) is 23.1 Å². The van der Waals surface area contributed by atoms with Gasteiger partial charge >= 0.3 is 5.76 Å². The predicted molar refractivity (Wildman–Crippen MR) is 75.6 cm³/mol. The molecule has 3 rings (SSSR count). The lowest BCUT2D eigenvalue weighted by Gasteiger charge is -2.30. The molecule has 0 radical (unpaired) electrons. The second kappa shape index (κ2) is 4.97. The van der Waals surface area contributed by atoms with Crippen molar-refractivity contribution in [3.63, 3.8) is 0 Å². The van der Waals surface area contributed by atoms with Gasteiger partial charge in [-0.1, -0.05) is 0 Å². The molecule has 0 spiro atoms. The number of oxazole rings is 1. The number of rotatable bonds is 2. The second-order valence-corrected chi connectivity index (χ2v) is 7.04.